The molecule has 0 saturated carbocycles. The first-order valence-corrected chi connectivity index (χ1v) is 4.30. The van der Waals surface area contributed by atoms with Crippen molar-refractivity contribution in [3.63, 3.8) is 0 Å². The molecular weight excluding hydrogens is 150 g/mol. The van der Waals surface area contributed by atoms with Crippen molar-refractivity contribution in [2.75, 3.05) is 11.9 Å². The SMILES string of the molecule is CC(C)CCNc1ncccn1. The highest BCUT2D eigenvalue weighted by molar-refractivity contribution is 5.21. The van der Waals surface area contributed by atoms with Gasteiger partial charge in [0.05, 0.1) is 0 Å². The van der Waals surface area contributed by atoms with Gasteiger partial charge in [-0.05, 0) is 18.4 Å². The van der Waals surface area contributed by atoms with E-state index in [-0.39, 0.29) is 0 Å². The third-order valence-corrected chi connectivity index (χ3v) is 1.57. The second-order valence-electron chi connectivity index (χ2n) is 3.18. The number of nitrogens with zero attached hydrogens (tertiary/aromatic N) is 2. The van der Waals surface area contributed by atoms with Crippen LogP contribution < -0.4 is 5.32 Å². The van der Waals surface area contributed by atoms with Crippen molar-refractivity contribution in [3.8, 4) is 0 Å². The Bertz CT molecular complexity index is 208. The molecule has 0 atom stereocenters. The number of hydrogen-bond acceptors (Lipinski definition) is 3. The molecule has 0 aliphatic heterocycles. The Morgan fingerprint density at radius 2 is 2.00 bits per heavy atom. The topological polar surface area (TPSA) is 37.8 Å². The lowest BCUT2D eigenvalue weighted by Crippen LogP contribution is -2.06. The summed E-state index contributed by atoms with van der Waals surface area (Å²) in [6.07, 6.45) is 4.63. The van der Waals surface area contributed by atoms with E-state index < -0.39 is 0 Å². The first kappa shape index (κ1) is 8.97. The predicted octanol–water partition coefficient (Wildman–Crippen LogP) is 1.93. The second-order valence-corrected chi connectivity index (χ2v) is 3.18. The molecule has 0 spiro atoms. The smallest absolute Gasteiger partial charge is 0.222 e. The first-order chi connectivity index (χ1) is 5.79. The van der Waals surface area contributed by atoms with Crippen LogP contribution in [-0.2, 0) is 0 Å². The minimum absolute atomic E-state index is 0.721. The standard InChI is InChI=1S/C9H15N3/c1-8(2)4-7-12-9-10-5-3-6-11-9/h3,5-6,8H,4,7H2,1-2H3,(H,10,11,12). The largest absolute Gasteiger partial charge is 0.354 e. The van der Waals surface area contributed by atoms with E-state index in [1.807, 2.05) is 6.07 Å². The fourth-order valence-electron chi connectivity index (χ4n) is 0.863. The quantitative estimate of drug-likeness (QED) is 0.740. The lowest BCUT2D eigenvalue weighted by Gasteiger charge is -2.05. The molecule has 1 heterocycles. The maximum atomic E-state index is 4.05. The monoisotopic (exact) mass is 165 g/mol. The second kappa shape index (κ2) is 4.70. The van der Waals surface area contributed by atoms with E-state index in [4.69, 9.17) is 0 Å². The van der Waals surface area contributed by atoms with Gasteiger partial charge in [0.1, 0.15) is 0 Å². The molecule has 1 N–H and O–H groups in total. The molecule has 3 nitrogen and oxygen atoms in total. The highest BCUT2D eigenvalue weighted by atomic mass is 15.1. The van der Waals surface area contributed by atoms with E-state index in [1.165, 1.54) is 0 Å². The van der Waals surface area contributed by atoms with Crippen LogP contribution >= 0.6 is 0 Å². The van der Waals surface area contributed by atoms with Crippen molar-refractivity contribution in [3.05, 3.63) is 18.5 Å². The molecule has 3 heteroatoms. The average Bonchev–Trinajstić information content (AvgIpc) is 2.05. The predicted molar refractivity (Wildman–Crippen MR) is 50.0 cm³/mol. The molecule has 0 amide bonds. The summed E-state index contributed by atoms with van der Waals surface area (Å²) in [4.78, 5) is 8.11. The van der Waals surface area contributed by atoms with E-state index in [9.17, 15) is 0 Å². The highest BCUT2D eigenvalue weighted by Crippen LogP contribution is 2.00. The summed E-state index contributed by atoms with van der Waals surface area (Å²) in [5, 5.41) is 3.15. The fraction of sp³-hybridized carbons (Fsp3) is 0.556. The van der Waals surface area contributed by atoms with Gasteiger partial charge in [0, 0.05) is 18.9 Å². The van der Waals surface area contributed by atoms with Crippen molar-refractivity contribution in [2.45, 2.75) is 20.3 Å². The zero-order valence-electron chi connectivity index (χ0n) is 7.62. The van der Waals surface area contributed by atoms with Crippen LogP contribution in [0.4, 0.5) is 5.95 Å². The van der Waals surface area contributed by atoms with E-state index in [0.29, 0.717) is 0 Å². The van der Waals surface area contributed by atoms with Gasteiger partial charge in [-0.3, -0.25) is 0 Å². The summed E-state index contributed by atoms with van der Waals surface area (Å²) < 4.78 is 0. The minimum atomic E-state index is 0.721. The molecule has 0 aliphatic rings. The Morgan fingerprint density at radius 1 is 1.33 bits per heavy atom. The lowest BCUT2D eigenvalue weighted by atomic mass is 10.1. The summed E-state index contributed by atoms with van der Waals surface area (Å²) in [7, 11) is 0. The highest BCUT2D eigenvalue weighted by Gasteiger charge is 1.94. The number of aromatic nitrogens is 2. The van der Waals surface area contributed by atoms with Gasteiger partial charge in [-0.15, -0.1) is 0 Å². The summed E-state index contributed by atoms with van der Waals surface area (Å²) in [6, 6.07) is 1.81. The van der Waals surface area contributed by atoms with E-state index in [2.05, 4.69) is 29.1 Å². The number of anilines is 1. The van der Waals surface area contributed by atoms with Gasteiger partial charge in [0.2, 0.25) is 5.95 Å². The lowest BCUT2D eigenvalue weighted by molar-refractivity contribution is 0.606. The zero-order valence-corrected chi connectivity index (χ0v) is 7.62. The van der Waals surface area contributed by atoms with Crippen LogP contribution in [0.15, 0.2) is 18.5 Å². The molecule has 0 radical (unpaired) electrons. The van der Waals surface area contributed by atoms with Gasteiger partial charge < -0.3 is 5.32 Å². The van der Waals surface area contributed by atoms with Gasteiger partial charge in [0.15, 0.2) is 0 Å². The van der Waals surface area contributed by atoms with Gasteiger partial charge in [-0.1, -0.05) is 13.8 Å². The summed E-state index contributed by atoms with van der Waals surface area (Å²) >= 11 is 0. The van der Waals surface area contributed by atoms with E-state index in [1.54, 1.807) is 12.4 Å². The van der Waals surface area contributed by atoms with Crippen LogP contribution in [0.1, 0.15) is 20.3 Å². The van der Waals surface area contributed by atoms with Gasteiger partial charge in [-0.2, -0.15) is 0 Å². The van der Waals surface area contributed by atoms with Crippen LogP contribution in [0.5, 0.6) is 0 Å². The Labute approximate surface area is 73.2 Å². The number of nitrogens with one attached hydrogen (secondary N) is 1. The minimum Gasteiger partial charge on any atom is -0.354 e. The maximum absolute atomic E-state index is 4.05. The molecule has 1 rings (SSSR count). The molecule has 1 aromatic rings. The summed E-state index contributed by atoms with van der Waals surface area (Å²) in [5.74, 6) is 1.44. The van der Waals surface area contributed by atoms with Crippen LogP contribution in [0.25, 0.3) is 0 Å². The van der Waals surface area contributed by atoms with Gasteiger partial charge in [-0.25, -0.2) is 9.97 Å². The number of rotatable bonds is 4. The summed E-state index contributed by atoms with van der Waals surface area (Å²) in [5.41, 5.74) is 0. The molecule has 0 bridgehead atoms. The average molecular weight is 165 g/mol. The molecule has 12 heavy (non-hydrogen) atoms. The van der Waals surface area contributed by atoms with Gasteiger partial charge >= 0.3 is 0 Å². The van der Waals surface area contributed by atoms with Crippen molar-refractivity contribution < 1.29 is 0 Å². The third-order valence-electron chi connectivity index (χ3n) is 1.57. The maximum Gasteiger partial charge on any atom is 0.222 e. The molecule has 0 fully saturated rings. The van der Waals surface area contributed by atoms with E-state index in [0.717, 1.165) is 24.8 Å². The first-order valence-electron chi connectivity index (χ1n) is 4.30. The van der Waals surface area contributed by atoms with Crippen molar-refractivity contribution >= 4 is 5.95 Å². The van der Waals surface area contributed by atoms with Crippen molar-refractivity contribution in [2.24, 2.45) is 5.92 Å². The molecule has 1 aromatic heterocycles. The fourth-order valence-corrected chi connectivity index (χ4v) is 0.863. The van der Waals surface area contributed by atoms with E-state index >= 15 is 0 Å². The molecular formula is C9H15N3. The van der Waals surface area contributed by atoms with Gasteiger partial charge in [0.25, 0.3) is 0 Å². The van der Waals surface area contributed by atoms with Crippen LogP contribution in [0.2, 0.25) is 0 Å². The van der Waals surface area contributed by atoms with Crippen LogP contribution in [0.3, 0.4) is 0 Å². The zero-order chi connectivity index (χ0) is 8.81. The molecule has 0 aromatic carbocycles. The summed E-state index contributed by atoms with van der Waals surface area (Å²) in [6.45, 7) is 5.35. The molecule has 66 valence electrons. The molecule has 0 unspecified atom stereocenters. The van der Waals surface area contributed by atoms with Crippen molar-refractivity contribution in [1.29, 1.82) is 0 Å². The Hall–Kier alpha value is -1.12. The normalized spacial score (nSPS) is 10.2. The molecule has 0 aliphatic carbocycles. The third kappa shape index (κ3) is 3.32. The molecule has 0 saturated heterocycles. The number of hydrogen-bond donors (Lipinski definition) is 1. The van der Waals surface area contributed by atoms with Crippen LogP contribution in [0, 0.1) is 5.92 Å². The Morgan fingerprint density at radius 3 is 2.58 bits per heavy atom. The van der Waals surface area contributed by atoms with Crippen LogP contribution in [-0.4, -0.2) is 16.5 Å². The Balaban J connectivity index is 2.25. The Kier molecular flexibility index (Phi) is 3.51. The van der Waals surface area contributed by atoms with Crippen molar-refractivity contribution in [1.82, 2.24) is 9.97 Å².